The number of nitrogens with one attached hydrogen (secondary N) is 2. The van der Waals surface area contributed by atoms with Crippen LogP contribution in [0.1, 0.15) is 32.4 Å². The number of hydrazine groups is 1. The Bertz CT molecular complexity index is 1130. The lowest BCUT2D eigenvalue weighted by atomic mass is 10.0. The van der Waals surface area contributed by atoms with Crippen LogP contribution in [0.25, 0.3) is 0 Å². The maximum Gasteiger partial charge on any atom is 0.276 e. The quantitative estimate of drug-likeness (QED) is 0.494. The molecule has 0 saturated heterocycles. The van der Waals surface area contributed by atoms with E-state index in [2.05, 4.69) is 33.3 Å². The predicted octanol–water partition coefficient (Wildman–Crippen LogP) is 4.93. The highest BCUT2D eigenvalue weighted by Gasteiger charge is 2.34. The highest BCUT2D eigenvalue weighted by Crippen LogP contribution is 2.32. The van der Waals surface area contributed by atoms with Crippen LogP contribution in [-0.4, -0.2) is 23.4 Å². The second kappa shape index (κ2) is 9.06. The summed E-state index contributed by atoms with van der Waals surface area (Å²) in [4.78, 5) is 26.2. The number of anilines is 1. The van der Waals surface area contributed by atoms with Gasteiger partial charge >= 0.3 is 0 Å². The number of fused-ring (bicyclic) bond motifs is 1. The van der Waals surface area contributed by atoms with E-state index in [1.54, 1.807) is 42.5 Å². The van der Waals surface area contributed by atoms with E-state index in [0.717, 1.165) is 10.0 Å². The van der Waals surface area contributed by atoms with E-state index in [9.17, 15) is 9.59 Å². The van der Waals surface area contributed by atoms with E-state index in [4.69, 9.17) is 4.74 Å². The number of amides is 2. The number of rotatable bonds is 6. The highest BCUT2D eigenvalue weighted by atomic mass is 79.9. The molecule has 1 aliphatic heterocycles. The summed E-state index contributed by atoms with van der Waals surface area (Å²) < 4.78 is 6.33. The van der Waals surface area contributed by atoms with Gasteiger partial charge in [0.1, 0.15) is 18.5 Å². The minimum atomic E-state index is -0.570. The van der Waals surface area contributed by atoms with E-state index < -0.39 is 12.1 Å². The molecule has 2 N–H and O–H groups in total. The molecular formula is C24H20BrN3O3. The summed E-state index contributed by atoms with van der Waals surface area (Å²) in [6.45, 7) is 3.99. The zero-order valence-corrected chi connectivity index (χ0v) is 18.1. The average molecular weight is 478 g/mol. The van der Waals surface area contributed by atoms with Crippen LogP contribution < -0.4 is 15.5 Å². The molecule has 6 nitrogen and oxygen atoms in total. The van der Waals surface area contributed by atoms with Crippen LogP contribution in [0.5, 0.6) is 5.75 Å². The first-order valence-electron chi connectivity index (χ1n) is 9.66. The molecule has 0 saturated carbocycles. The van der Waals surface area contributed by atoms with Crippen LogP contribution in [0.4, 0.5) is 5.69 Å². The molecule has 4 rings (SSSR count). The van der Waals surface area contributed by atoms with Gasteiger partial charge in [0.25, 0.3) is 11.8 Å². The van der Waals surface area contributed by atoms with Crippen molar-refractivity contribution in [3.8, 4) is 5.75 Å². The summed E-state index contributed by atoms with van der Waals surface area (Å²) in [5, 5.41) is 4.68. The highest BCUT2D eigenvalue weighted by molar-refractivity contribution is 9.10. The maximum absolute atomic E-state index is 13.3. The first-order valence-corrected chi connectivity index (χ1v) is 10.5. The second-order valence-corrected chi connectivity index (χ2v) is 7.80. The summed E-state index contributed by atoms with van der Waals surface area (Å²) in [6.07, 6.45) is 1.08. The Balaban J connectivity index is 1.62. The molecule has 0 fully saturated rings. The molecule has 31 heavy (non-hydrogen) atoms. The fraction of sp³-hybridized carbons (Fsp3) is 0.0833. The minimum absolute atomic E-state index is 0.293. The number of carbonyl (C=O) groups is 2. The summed E-state index contributed by atoms with van der Waals surface area (Å²) in [7, 11) is 0. The van der Waals surface area contributed by atoms with Crippen LogP contribution in [0.3, 0.4) is 0 Å². The fourth-order valence-electron chi connectivity index (χ4n) is 3.31. The van der Waals surface area contributed by atoms with Gasteiger partial charge in [-0.3, -0.25) is 15.0 Å². The van der Waals surface area contributed by atoms with Crippen molar-refractivity contribution in [2.45, 2.75) is 6.17 Å². The lowest BCUT2D eigenvalue weighted by Crippen LogP contribution is -2.52. The Hall–Kier alpha value is -3.58. The van der Waals surface area contributed by atoms with Crippen molar-refractivity contribution >= 4 is 33.4 Å². The average Bonchev–Trinajstić information content (AvgIpc) is 2.79. The largest absolute Gasteiger partial charge is 0.490 e. The van der Waals surface area contributed by atoms with E-state index in [-0.39, 0.29) is 5.91 Å². The van der Waals surface area contributed by atoms with Gasteiger partial charge in [-0.15, -0.1) is 0 Å². The molecule has 3 aromatic carbocycles. The van der Waals surface area contributed by atoms with Gasteiger partial charge in [0.2, 0.25) is 0 Å². The van der Waals surface area contributed by atoms with Gasteiger partial charge in [-0.05, 0) is 54.1 Å². The number of halogens is 1. The van der Waals surface area contributed by atoms with Gasteiger partial charge in [-0.1, -0.05) is 52.9 Å². The fourth-order valence-corrected chi connectivity index (χ4v) is 3.73. The Morgan fingerprint density at radius 2 is 1.90 bits per heavy atom. The molecular weight excluding hydrogens is 458 g/mol. The number of hydrogen-bond acceptors (Lipinski definition) is 4. The monoisotopic (exact) mass is 477 g/mol. The van der Waals surface area contributed by atoms with Crippen LogP contribution in [-0.2, 0) is 0 Å². The smallest absolute Gasteiger partial charge is 0.276 e. The number of para-hydroxylation sites is 1. The van der Waals surface area contributed by atoms with Crippen molar-refractivity contribution in [2.24, 2.45) is 0 Å². The molecule has 0 unspecified atom stereocenters. The first kappa shape index (κ1) is 20.7. The molecule has 0 radical (unpaired) electrons. The lowest BCUT2D eigenvalue weighted by Gasteiger charge is -2.37. The number of hydrogen-bond donors (Lipinski definition) is 2. The molecule has 0 spiro atoms. The Kier molecular flexibility index (Phi) is 6.04. The molecule has 2 amide bonds. The molecule has 1 atom stereocenters. The van der Waals surface area contributed by atoms with Crippen molar-refractivity contribution in [3.63, 3.8) is 0 Å². The van der Waals surface area contributed by atoms with Gasteiger partial charge < -0.3 is 10.1 Å². The molecule has 3 aromatic rings. The van der Waals surface area contributed by atoms with Crippen molar-refractivity contribution < 1.29 is 14.3 Å². The molecule has 0 aromatic heterocycles. The van der Waals surface area contributed by atoms with Crippen molar-refractivity contribution in [2.75, 3.05) is 11.9 Å². The minimum Gasteiger partial charge on any atom is -0.490 e. The van der Waals surface area contributed by atoms with Crippen molar-refractivity contribution in [1.29, 1.82) is 0 Å². The normalized spacial score (nSPS) is 14.9. The summed E-state index contributed by atoms with van der Waals surface area (Å²) in [6, 6.07) is 21.5. The number of benzene rings is 3. The molecule has 0 aliphatic carbocycles. The summed E-state index contributed by atoms with van der Waals surface area (Å²) in [5.74, 6) is -0.0588. The van der Waals surface area contributed by atoms with E-state index >= 15 is 0 Å². The van der Waals surface area contributed by atoms with Crippen LogP contribution >= 0.6 is 15.9 Å². The van der Waals surface area contributed by atoms with E-state index in [0.29, 0.717) is 29.2 Å². The topological polar surface area (TPSA) is 70.7 Å². The number of ether oxygens (including phenoxy) is 1. The molecule has 0 bridgehead atoms. The predicted molar refractivity (Wildman–Crippen MR) is 123 cm³/mol. The van der Waals surface area contributed by atoms with Crippen molar-refractivity contribution in [1.82, 2.24) is 10.4 Å². The maximum atomic E-state index is 13.3. The van der Waals surface area contributed by atoms with Crippen LogP contribution in [0, 0.1) is 0 Å². The second-order valence-electron chi connectivity index (χ2n) is 6.89. The van der Waals surface area contributed by atoms with Crippen molar-refractivity contribution in [3.05, 3.63) is 107 Å². The number of nitrogens with zero attached hydrogens (tertiary/aromatic N) is 1. The standard InChI is InChI=1S/C24H20BrN3O3/c1-2-14-31-19-12-10-16(11-13-19)23(29)27-28-22(17-6-5-7-18(25)15-17)26-21-9-4-3-8-20(21)24(28)30/h2-13,15,22,26H,1,14H2,(H,27,29)/t22-/m1/s1. The molecule has 1 heterocycles. The van der Waals surface area contributed by atoms with Crippen LogP contribution in [0.15, 0.2) is 89.9 Å². The third-order valence-corrected chi connectivity index (χ3v) is 5.29. The third-order valence-electron chi connectivity index (χ3n) is 4.80. The third kappa shape index (κ3) is 4.46. The van der Waals surface area contributed by atoms with Gasteiger partial charge in [0.05, 0.1) is 5.56 Å². The Labute approximate surface area is 188 Å². The zero-order chi connectivity index (χ0) is 21.8. The van der Waals surface area contributed by atoms with Gasteiger partial charge in [-0.25, -0.2) is 5.01 Å². The van der Waals surface area contributed by atoms with Crippen LogP contribution in [0.2, 0.25) is 0 Å². The molecule has 7 heteroatoms. The summed E-state index contributed by atoms with van der Waals surface area (Å²) >= 11 is 3.47. The Morgan fingerprint density at radius 1 is 1.13 bits per heavy atom. The lowest BCUT2D eigenvalue weighted by molar-refractivity contribution is 0.0491. The van der Waals surface area contributed by atoms with Gasteiger partial charge in [0, 0.05) is 15.7 Å². The van der Waals surface area contributed by atoms with E-state index in [1.165, 1.54) is 5.01 Å². The SMILES string of the molecule is C=CCOc1ccc(C(=O)NN2C(=O)c3ccccc3N[C@H]2c2cccc(Br)c2)cc1. The zero-order valence-electron chi connectivity index (χ0n) is 16.5. The molecule has 1 aliphatic rings. The van der Waals surface area contributed by atoms with E-state index in [1.807, 2.05) is 36.4 Å². The summed E-state index contributed by atoms with van der Waals surface area (Å²) in [5.41, 5.74) is 5.20. The first-order chi connectivity index (χ1) is 15.1. The Morgan fingerprint density at radius 3 is 2.65 bits per heavy atom. The van der Waals surface area contributed by atoms with Gasteiger partial charge in [-0.2, -0.15) is 0 Å². The number of carbonyl (C=O) groups excluding carboxylic acids is 2. The molecule has 156 valence electrons. The van der Waals surface area contributed by atoms with Gasteiger partial charge in [0.15, 0.2) is 0 Å².